The molecular weight excluding hydrogens is 358 g/mol. The van der Waals surface area contributed by atoms with Crippen LogP contribution in [0.1, 0.15) is 31.8 Å². The molecule has 1 aliphatic heterocycles. The number of amides is 1. The molecule has 124 valence electrons. The predicted octanol–water partition coefficient (Wildman–Crippen LogP) is 4.92. The minimum atomic E-state index is -0.814. The highest BCUT2D eigenvalue weighted by atomic mass is 35.5. The molecule has 1 aromatic heterocycles. The van der Waals surface area contributed by atoms with E-state index in [0.717, 1.165) is 4.88 Å². The zero-order valence-electron chi connectivity index (χ0n) is 12.9. The zero-order valence-corrected chi connectivity index (χ0v) is 14.5. The summed E-state index contributed by atoms with van der Waals surface area (Å²) in [5, 5.41) is 2.23. The normalized spacial score (nSPS) is 16.3. The molecule has 3 aromatic rings. The second-order valence-corrected chi connectivity index (χ2v) is 6.83. The Morgan fingerprint density at radius 3 is 2.56 bits per heavy atom. The van der Waals surface area contributed by atoms with Crippen LogP contribution in [0.2, 0.25) is 5.02 Å². The predicted molar refractivity (Wildman–Crippen MR) is 97.2 cm³/mol. The topological polar surface area (TPSA) is 46.6 Å². The molecule has 25 heavy (non-hydrogen) atoms. The number of rotatable bonds is 2. The number of anilines is 1. The molecule has 6 heteroatoms. The fraction of sp³-hybridized carbons (Fsp3) is 0.0526. The van der Waals surface area contributed by atoms with Gasteiger partial charge in [0, 0.05) is 0 Å². The molecule has 0 fully saturated rings. The van der Waals surface area contributed by atoms with Crippen molar-refractivity contribution in [3.8, 4) is 0 Å². The highest BCUT2D eigenvalue weighted by molar-refractivity contribution is 7.10. The Kier molecular flexibility index (Phi) is 4.03. The molecule has 0 aliphatic carbocycles. The first-order chi connectivity index (χ1) is 12.2. The van der Waals surface area contributed by atoms with Gasteiger partial charge in [0.2, 0.25) is 6.23 Å². The minimum Gasteiger partial charge on any atom is -0.432 e. The maximum Gasteiger partial charge on any atom is 0.342 e. The van der Waals surface area contributed by atoms with Gasteiger partial charge >= 0.3 is 5.97 Å². The van der Waals surface area contributed by atoms with Crippen LogP contribution in [-0.2, 0) is 4.74 Å². The van der Waals surface area contributed by atoms with E-state index in [1.54, 1.807) is 48.5 Å². The van der Waals surface area contributed by atoms with Crippen molar-refractivity contribution in [1.29, 1.82) is 0 Å². The maximum atomic E-state index is 13.3. The first kappa shape index (κ1) is 15.9. The van der Waals surface area contributed by atoms with Gasteiger partial charge in [0.25, 0.3) is 5.91 Å². The molecule has 4 rings (SSSR count). The molecule has 2 aromatic carbocycles. The van der Waals surface area contributed by atoms with Crippen LogP contribution in [0.25, 0.3) is 0 Å². The summed E-state index contributed by atoms with van der Waals surface area (Å²) >= 11 is 7.64. The van der Waals surface area contributed by atoms with Gasteiger partial charge in [-0.25, -0.2) is 4.79 Å². The lowest BCUT2D eigenvalue weighted by Gasteiger charge is -2.35. The van der Waals surface area contributed by atoms with Gasteiger partial charge in [-0.1, -0.05) is 41.9 Å². The number of cyclic esters (lactones) is 1. The Labute approximate surface area is 153 Å². The average Bonchev–Trinajstić information content (AvgIpc) is 3.16. The third-order valence-corrected chi connectivity index (χ3v) is 5.18. The average molecular weight is 370 g/mol. The molecule has 0 radical (unpaired) electrons. The highest BCUT2D eigenvalue weighted by Crippen LogP contribution is 2.39. The van der Waals surface area contributed by atoms with Crippen LogP contribution in [0.4, 0.5) is 5.69 Å². The van der Waals surface area contributed by atoms with E-state index in [1.807, 2.05) is 17.5 Å². The summed E-state index contributed by atoms with van der Waals surface area (Å²) < 4.78 is 5.59. The molecule has 0 saturated heterocycles. The van der Waals surface area contributed by atoms with Crippen LogP contribution in [0.3, 0.4) is 0 Å². The Balaban J connectivity index is 1.88. The van der Waals surface area contributed by atoms with Crippen molar-refractivity contribution in [2.24, 2.45) is 0 Å². The lowest BCUT2D eigenvalue weighted by Crippen LogP contribution is -2.41. The van der Waals surface area contributed by atoms with Gasteiger partial charge in [-0.3, -0.25) is 9.69 Å². The summed E-state index contributed by atoms with van der Waals surface area (Å²) in [6.07, 6.45) is -0.814. The Bertz CT molecular complexity index is 955. The van der Waals surface area contributed by atoms with Crippen LogP contribution in [0.5, 0.6) is 0 Å². The summed E-state index contributed by atoms with van der Waals surface area (Å²) in [5.41, 5.74) is 1.23. The van der Waals surface area contributed by atoms with E-state index in [2.05, 4.69) is 0 Å². The standard InChI is InChI=1S/C19H12ClNO3S/c20-14-8-3-1-6-12(14)17(22)21-15-9-4-2-7-13(15)19(23)24-18(21)16-10-5-11-25-16/h1-11,18H/t18-/m0/s1. The number of carbonyl (C=O) groups is 2. The molecular formula is C19H12ClNO3S. The zero-order chi connectivity index (χ0) is 17.4. The Hall–Kier alpha value is -2.63. The van der Waals surface area contributed by atoms with Crippen LogP contribution in [-0.4, -0.2) is 11.9 Å². The summed E-state index contributed by atoms with van der Waals surface area (Å²) in [6.45, 7) is 0. The minimum absolute atomic E-state index is 0.316. The third kappa shape index (κ3) is 2.71. The number of para-hydroxylation sites is 1. The fourth-order valence-electron chi connectivity index (χ4n) is 2.80. The summed E-state index contributed by atoms with van der Waals surface area (Å²) in [5.74, 6) is -0.763. The van der Waals surface area contributed by atoms with E-state index in [9.17, 15) is 9.59 Å². The number of hydrogen-bond acceptors (Lipinski definition) is 4. The SMILES string of the molecule is O=C1O[C@@H](c2cccs2)N(C(=O)c2ccccc2Cl)c2ccccc21. The van der Waals surface area contributed by atoms with Gasteiger partial charge in [0.05, 0.1) is 26.7 Å². The van der Waals surface area contributed by atoms with Gasteiger partial charge in [0.1, 0.15) is 0 Å². The smallest absolute Gasteiger partial charge is 0.342 e. The van der Waals surface area contributed by atoms with Crippen molar-refractivity contribution in [1.82, 2.24) is 0 Å². The van der Waals surface area contributed by atoms with E-state index in [0.29, 0.717) is 21.8 Å². The largest absolute Gasteiger partial charge is 0.432 e. The van der Waals surface area contributed by atoms with Crippen molar-refractivity contribution >= 4 is 40.5 Å². The van der Waals surface area contributed by atoms with E-state index in [4.69, 9.17) is 16.3 Å². The first-order valence-corrected chi connectivity index (χ1v) is 8.84. The molecule has 1 atom stereocenters. The van der Waals surface area contributed by atoms with Crippen molar-refractivity contribution in [3.05, 3.63) is 87.1 Å². The number of esters is 1. The summed E-state index contributed by atoms with van der Waals surface area (Å²) in [7, 11) is 0. The monoisotopic (exact) mass is 369 g/mol. The van der Waals surface area contributed by atoms with Crippen LogP contribution < -0.4 is 4.90 Å². The lowest BCUT2D eigenvalue weighted by molar-refractivity contribution is 0.0257. The van der Waals surface area contributed by atoms with E-state index < -0.39 is 12.2 Å². The molecule has 0 saturated carbocycles. The summed E-state index contributed by atoms with van der Waals surface area (Å²) in [4.78, 5) is 27.9. The van der Waals surface area contributed by atoms with Crippen molar-refractivity contribution in [2.75, 3.05) is 4.90 Å². The molecule has 4 nitrogen and oxygen atoms in total. The molecule has 0 spiro atoms. The molecule has 1 amide bonds. The second-order valence-electron chi connectivity index (χ2n) is 5.45. The quantitative estimate of drug-likeness (QED) is 0.602. The number of nitrogens with zero attached hydrogens (tertiary/aromatic N) is 1. The number of ether oxygens (including phenoxy) is 1. The number of hydrogen-bond donors (Lipinski definition) is 0. The van der Waals surface area contributed by atoms with Crippen molar-refractivity contribution in [3.63, 3.8) is 0 Å². The number of fused-ring (bicyclic) bond motifs is 1. The molecule has 2 heterocycles. The molecule has 0 unspecified atom stereocenters. The summed E-state index contributed by atoms with van der Waals surface area (Å²) in [6, 6.07) is 17.4. The van der Waals surface area contributed by atoms with Gasteiger partial charge in [-0.15, -0.1) is 11.3 Å². The van der Waals surface area contributed by atoms with Gasteiger partial charge in [0.15, 0.2) is 0 Å². The van der Waals surface area contributed by atoms with Gasteiger partial charge < -0.3 is 4.74 Å². The third-order valence-electron chi connectivity index (χ3n) is 3.95. The molecule has 0 N–H and O–H groups in total. The number of thiophene rings is 1. The fourth-order valence-corrected chi connectivity index (χ4v) is 3.76. The number of halogens is 1. The maximum absolute atomic E-state index is 13.3. The first-order valence-electron chi connectivity index (χ1n) is 7.58. The van der Waals surface area contributed by atoms with Gasteiger partial charge in [-0.2, -0.15) is 0 Å². The van der Waals surface area contributed by atoms with Crippen molar-refractivity contribution in [2.45, 2.75) is 6.23 Å². The molecule has 1 aliphatic rings. The van der Waals surface area contributed by atoms with E-state index in [-0.39, 0.29) is 5.91 Å². The Morgan fingerprint density at radius 2 is 1.80 bits per heavy atom. The number of benzene rings is 2. The molecule has 0 bridgehead atoms. The lowest BCUT2D eigenvalue weighted by atomic mass is 10.1. The second kappa shape index (κ2) is 6.35. The van der Waals surface area contributed by atoms with E-state index >= 15 is 0 Å². The van der Waals surface area contributed by atoms with Crippen LogP contribution in [0.15, 0.2) is 66.0 Å². The highest BCUT2D eigenvalue weighted by Gasteiger charge is 2.38. The van der Waals surface area contributed by atoms with Crippen molar-refractivity contribution < 1.29 is 14.3 Å². The van der Waals surface area contributed by atoms with E-state index in [1.165, 1.54) is 16.2 Å². The van der Waals surface area contributed by atoms with Gasteiger partial charge in [-0.05, 0) is 35.7 Å². The Morgan fingerprint density at radius 1 is 1.04 bits per heavy atom. The number of carbonyl (C=O) groups excluding carboxylic acids is 2. The van der Waals surface area contributed by atoms with Crippen LogP contribution >= 0.6 is 22.9 Å². The van der Waals surface area contributed by atoms with Crippen LogP contribution in [0, 0.1) is 0 Å².